The number of hydrogen-bond donors (Lipinski definition) is 0. The molecule has 0 heterocycles. The largest absolute Gasteiger partial charge is 0.310 e. The molecule has 0 unspecified atom stereocenters. The molecular weight excluding hydrogens is 677 g/mol. The number of aryl methyl sites for hydroxylation is 4. The Labute approximate surface area is 338 Å². The van der Waals surface area contributed by atoms with E-state index >= 15 is 0 Å². The Morgan fingerprint density at radius 2 is 0.679 bits per heavy atom. The first-order chi connectivity index (χ1) is 26.2. The van der Waals surface area contributed by atoms with Crippen molar-refractivity contribution in [1.82, 2.24) is 0 Å². The third kappa shape index (κ3) is 6.66. The second-order valence-electron chi connectivity index (χ2n) is 19.5. The monoisotopic (exact) mass is 738 g/mol. The minimum Gasteiger partial charge on any atom is -0.310 e. The number of anilines is 6. The Hall–Kier alpha value is -5.08. The van der Waals surface area contributed by atoms with E-state index in [1.807, 2.05) is 0 Å². The number of hydrogen-bond acceptors (Lipinski definition) is 2. The summed E-state index contributed by atoms with van der Waals surface area (Å²) in [7, 11) is 0. The van der Waals surface area contributed by atoms with E-state index in [4.69, 9.17) is 0 Å². The van der Waals surface area contributed by atoms with Crippen molar-refractivity contribution in [3.05, 3.63) is 166 Å². The van der Waals surface area contributed by atoms with Crippen LogP contribution in [0.3, 0.4) is 0 Å². The highest BCUT2D eigenvalue weighted by atomic mass is 15.2. The summed E-state index contributed by atoms with van der Waals surface area (Å²) in [6.45, 7) is 32.7. The molecule has 0 saturated carbocycles. The fourth-order valence-corrected chi connectivity index (χ4v) is 8.97. The molecule has 2 heteroatoms. The van der Waals surface area contributed by atoms with Gasteiger partial charge in [0, 0.05) is 22.7 Å². The summed E-state index contributed by atoms with van der Waals surface area (Å²) in [4.78, 5) is 4.96. The number of fused-ring (bicyclic) bond motifs is 3. The molecule has 6 aromatic carbocycles. The number of para-hydroxylation sites is 2. The zero-order valence-corrected chi connectivity index (χ0v) is 36.4. The van der Waals surface area contributed by atoms with E-state index in [2.05, 4.69) is 228 Å². The summed E-state index contributed by atoms with van der Waals surface area (Å²) in [5, 5.41) is 0. The Kier molecular flexibility index (Phi) is 9.68. The van der Waals surface area contributed by atoms with Crippen molar-refractivity contribution in [3.8, 4) is 11.1 Å². The molecule has 0 radical (unpaired) electrons. The molecule has 0 aromatic heterocycles. The fourth-order valence-electron chi connectivity index (χ4n) is 8.97. The molecule has 0 N–H and O–H groups in total. The lowest BCUT2D eigenvalue weighted by molar-refractivity contribution is 0.299. The first-order valence-corrected chi connectivity index (χ1v) is 20.4. The van der Waals surface area contributed by atoms with Gasteiger partial charge in [-0.3, -0.25) is 0 Å². The van der Waals surface area contributed by atoms with E-state index < -0.39 is 0 Å². The zero-order chi connectivity index (χ0) is 40.5. The lowest BCUT2D eigenvalue weighted by Crippen LogP contribution is -2.43. The first-order valence-electron chi connectivity index (χ1n) is 20.4. The van der Waals surface area contributed by atoms with Crippen LogP contribution >= 0.6 is 0 Å². The third-order valence-electron chi connectivity index (χ3n) is 12.9. The van der Waals surface area contributed by atoms with Crippen LogP contribution in [0, 0.1) is 27.7 Å². The maximum absolute atomic E-state index is 2.48. The van der Waals surface area contributed by atoms with Gasteiger partial charge >= 0.3 is 0 Å². The van der Waals surface area contributed by atoms with E-state index in [0.717, 1.165) is 0 Å². The Morgan fingerprint density at radius 3 is 0.964 bits per heavy atom. The third-order valence-corrected chi connectivity index (χ3v) is 12.9. The second kappa shape index (κ2) is 13.8. The van der Waals surface area contributed by atoms with Gasteiger partial charge in [0.05, 0.1) is 11.4 Å². The van der Waals surface area contributed by atoms with Crippen molar-refractivity contribution in [1.29, 1.82) is 0 Å². The van der Waals surface area contributed by atoms with Crippen molar-refractivity contribution in [2.45, 2.75) is 119 Å². The van der Waals surface area contributed by atoms with E-state index in [1.54, 1.807) is 0 Å². The molecule has 0 spiro atoms. The highest BCUT2D eigenvalue weighted by molar-refractivity contribution is 5.88. The zero-order valence-electron chi connectivity index (χ0n) is 36.4. The number of benzene rings is 6. The molecule has 2 nitrogen and oxygen atoms in total. The van der Waals surface area contributed by atoms with Crippen LogP contribution in [0.1, 0.15) is 114 Å². The van der Waals surface area contributed by atoms with Gasteiger partial charge in [0.25, 0.3) is 0 Å². The van der Waals surface area contributed by atoms with Gasteiger partial charge in [-0.25, -0.2) is 0 Å². The van der Waals surface area contributed by atoms with Crippen molar-refractivity contribution >= 4 is 34.1 Å². The van der Waals surface area contributed by atoms with E-state index in [-0.39, 0.29) is 21.7 Å². The predicted octanol–water partition coefficient (Wildman–Crippen LogP) is 15.7. The lowest BCUT2D eigenvalue weighted by Gasteiger charge is -2.49. The molecule has 0 atom stereocenters. The molecule has 0 fully saturated rings. The van der Waals surface area contributed by atoms with Gasteiger partial charge < -0.3 is 9.80 Å². The molecular formula is C54H62N2. The molecule has 6 aromatic rings. The molecule has 0 bridgehead atoms. The SMILES string of the molecule is Cc1cc(C(C)(C)C)cc(C)c1N(c1ccccc1)c1ccc2c(c1)C(C)(C)C(C)(C)c1cc(N(c3ccccc3)c3c(C)cc(C(C)(C)C)cc3C)ccc1-2. The van der Waals surface area contributed by atoms with Crippen LogP contribution in [0.4, 0.5) is 34.1 Å². The van der Waals surface area contributed by atoms with Gasteiger partial charge in [-0.1, -0.05) is 142 Å². The van der Waals surface area contributed by atoms with E-state index in [1.165, 1.54) is 89.8 Å². The van der Waals surface area contributed by atoms with Crippen LogP contribution in [-0.4, -0.2) is 0 Å². The summed E-state index contributed by atoms with van der Waals surface area (Å²) >= 11 is 0. The van der Waals surface area contributed by atoms with Crippen LogP contribution < -0.4 is 9.80 Å². The minimum absolute atomic E-state index is 0.0764. The molecule has 1 aliphatic carbocycles. The van der Waals surface area contributed by atoms with E-state index in [0.29, 0.717) is 0 Å². The topological polar surface area (TPSA) is 6.48 Å². The van der Waals surface area contributed by atoms with Crippen LogP contribution in [-0.2, 0) is 21.7 Å². The van der Waals surface area contributed by atoms with Gasteiger partial charge in [-0.05, 0) is 154 Å². The highest BCUT2D eigenvalue weighted by Crippen LogP contribution is 2.56. The van der Waals surface area contributed by atoms with Crippen LogP contribution in [0.25, 0.3) is 11.1 Å². The van der Waals surface area contributed by atoms with Crippen molar-refractivity contribution in [3.63, 3.8) is 0 Å². The van der Waals surface area contributed by atoms with Gasteiger partial charge in [0.2, 0.25) is 0 Å². The lowest BCUT2D eigenvalue weighted by atomic mass is 9.55. The Balaban J connectivity index is 1.41. The van der Waals surface area contributed by atoms with Crippen molar-refractivity contribution in [2.75, 3.05) is 9.80 Å². The minimum atomic E-state index is -0.176. The van der Waals surface area contributed by atoms with Gasteiger partial charge in [-0.15, -0.1) is 0 Å². The average molecular weight is 739 g/mol. The molecule has 7 rings (SSSR count). The Morgan fingerprint density at radius 1 is 0.375 bits per heavy atom. The summed E-state index contributed by atoms with van der Waals surface area (Å²) in [6, 6.07) is 45.7. The predicted molar refractivity (Wildman–Crippen MR) is 244 cm³/mol. The molecule has 0 amide bonds. The smallest absolute Gasteiger partial charge is 0.0520 e. The van der Waals surface area contributed by atoms with Crippen molar-refractivity contribution in [2.24, 2.45) is 0 Å². The summed E-state index contributed by atoms with van der Waals surface area (Å²) < 4.78 is 0. The fraction of sp³-hybridized carbons (Fsp3) is 0.333. The van der Waals surface area contributed by atoms with Gasteiger partial charge in [0.15, 0.2) is 0 Å². The van der Waals surface area contributed by atoms with Gasteiger partial charge in [-0.2, -0.15) is 0 Å². The molecule has 1 aliphatic rings. The Bertz CT molecular complexity index is 2200. The van der Waals surface area contributed by atoms with Gasteiger partial charge in [0.1, 0.15) is 0 Å². The summed E-state index contributed by atoms with van der Waals surface area (Å²) in [5.41, 5.74) is 20.3. The van der Waals surface area contributed by atoms with Crippen LogP contribution in [0.5, 0.6) is 0 Å². The molecule has 56 heavy (non-hydrogen) atoms. The average Bonchev–Trinajstić information content (AvgIpc) is 3.13. The van der Waals surface area contributed by atoms with Crippen molar-refractivity contribution < 1.29 is 0 Å². The molecule has 288 valence electrons. The van der Waals surface area contributed by atoms with E-state index in [9.17, 15) is 0 Å². The quantitative estimate of drug-likeness (QED) is 0.168. The standard InChI is InChI=1S/C54H62N2/c1-35-29-39(51(5,6)7)30-36(2)49(35)55(41-21-17-15-18-22-41)43-25-27-45-46-28-26-44(34-48(46)54(13,14)53(11,12)47(45)33-43)56(42-23-19-16-20-24-42)50-37(3)31-40(32-38(50)4)52(8,9)10/h15-34H,1-14H3. The summed E-state index contributed by atoms with van der Waals surface area (Å²) in [5.74, 6) is 0. The molecule has 0 aliphatic heterocycles. The van der Waals surface area contributed by atoms with Crippen LogP contribution in [0.2, 0.25) is 0 Å². The highest BCUT2D eigenvalue weighted by Gasteiger charge is 2.46. The summed E-state index contributed by atoms with van der Waals surface area (Å²) in [6.07, 6.45) is 0. The molecule has 0 saturated heterocycles. The maximum atomic E-state index is 2.48. The first kappa shape index (κ1) is 39.2. The second-order valence-corrected chi connectivity index (χ2v) is 19.5. The van der Waals surface area contributed by atoms with Crippen LogP contribution in [0.15, 0.2) is 121 Å². The number of nitrogens with zero attached hydrogens (tertiary/aromatic N) is 2. The maximum Gasteiger partial charge on any atom is 0.0520 e. The normalized spacial score (nSPS) is 14.5. The number of rotatable bonds is 6.